The van der Waals surface area contributed by atoms with Crippen molar-refractivity contribution in [2.45, 2.75) is 26.2 Å². The predicted molar refractivity (Wildman–Crippen MR) is 108 cm³/mol. The van der Waals surface area contributed by atoms with Gasteiger partial charge in [-0.05, 0) is 55.5 Å². The van der Waals surface area contributed by atoms with Gasteiger partial charge in [0.25, 0.3) is 5.91 Å². The van der Waals surface area contributed by atoms with Crippen molar-refractivity contribution >= 4 is 41.0 Å². The number of ketones is 1. The van der Waals surface area contributed by atoms with Gasteiger partial charge in [0.15, 0.2) is 5.78 Å². The first-order valence-electron chi connectivity index (χ1n) is 8.47. The monoisotopic (exact) mass is 389 g/mol. The SMILES string of the molecule is CC(=O)/C(=C/c1ccc(Cl)c(Cl)c1)C(=O)NCCCCc1ccccc1. The van der Waals surface area contributed by atoms with Gasteiger partial charge in [-0.1, -0.05) is 59.6 Å². The second-order valence-corrected chi connectivity index (χ2v) is 6.80. The highest BCUT2D eigenvalue weighted by atomic mass is 35.5. The normalized spacial score (nSPS) is 11.3. The minimum absolute atomic E-state index is 0.103. The fraction of sp³-hybridized carbons (Fsp3) is 0.238. The number of amides is 1. The molecule has 0 spiro atoms. The number of Topliss-reactive ketones (excluding diaryl/α,β-unsaturated/α-hetero) is 1. The molecule has 0 unspecified atom stereocenters. The molecule has 2 rings (SSSR count). The first-order valence-corrected chi connectivity index (χ1v) is 9.23. The third-order valence-electron chi connectivity index (χ3n) is 3.90. The topological polar surface area (TPSA) is 46.2 Å². The maximum Gasteiger partial charge on any atom is 0.254 e. The minimum Gasteiger partial charge on any atom is -0.352 e. The summed E-state index contributed by atoms with van der Waals surface area (Å²) in [6, 6.07) is 15.2. The number of benzene rings is 2. The summed E-state index contributed by atoms with van der Waals surface area (Å²) in [5.41, 5.74) is 2.04. The van der Waals surface area contributed by atoms with E-state index in [2.05, 4.69) is 17.4 Å². The molecule has 0 aliphatic heterocycles. The van der Waals surface area contributed by atoms with E-state index in [1.54, 1.807) is 18.2 Å². The first kappa shape index (κ1) is 20.2. The summed E-state index contributed by atoms with van der Waals surface area (Å²) in [5.74, 6) is -0.666. The summed E-state index contributed by atoms with van der Waals surface area (Å²) in [6.45, 7) is 1.90. The molecule has 0 saturated heterocycles. The van der Waals surface area contributed by atoms with Gasteiger partial charge in [-0.15, -0.1) is 0 Å². The van der Waals surface area contributed by atoms with Crippen LogP contribution in [0.2, 0.25) is 10.0 Å². The molecular weight excluding hydrogens is 369 g/mol. The van der Waals surface area contributed by atoms with Gasteiger partial charge in [0, 0.05) is 6.54 Å². The second kappa shape index (κ2) is 10.1. The van der Waals surface area contributed by atoms with Crippen LogP contribution in [0, 0.1) is 0 Å². The average Bonchev–Trinajstić information content (AvgIpc) is 2.62. The highest BCUT2D eigenvalue weighted by Gasteiger charge is 2.14. The number of aryl methyl sites for hydroxylation is 1. The zero-order valence-corrected chi connectivity index (χ0v) is 16.1. The molecule has 5 heteroatoms. The number of nitrogens with one attached hydrogen (secondary N) is 1. The molecule has 0 saturated carbocycles. The van der Waals surface area contributed by atoms with Crippen molar-refractivity contribution in [3.05, 3.63) is 75.3 Å². The zero-order chi connectivity index (χ0) is 18.9. The maximum atomic E-state index is 12.3. The summed E-state index contributed by atoms with van der Waals surface area (Å²) >= 11 is 11.9. The Bertz CT molecular complexity index is 801. The van der Waals surface area contributed by atoms with Gasteiger partial charge < -0.3 is 5.32 Å². The molecule has 0 atom stereocenters. The van der Waals surface area contributed by atoms with Gasteiger partial charge in [-0.3, -0.25) is 9.59 Å². The zero-order valence-electron chi connectivity index (χ0n) is 14.6. The van der Waals surface area contributed by atoms with E-state index in [9.17, 15) is 9.59 Å². The molecule has 2 aromatic rings. The lowest BCUT2D eigenvalue weighted by molar-refractivity contribution is -0.121. The largest absolute Gasteiger partial charge is 0.352 e. The summed E-state index contributed by atoms with van der Waals surface area (Å²) in [7, 11) is 0. The lowest BCUT2D eigenvalue weighted by Crippen LogP contribution is -2.28. The van der Waals surface area contributed by atoms with E-state index < -0.39 is 0 Å². The number of unbranched alkanes of at least 4 members (excludes halogenated alkanes) is 1. The summed E-state index contributed by atoms with van der Waals surface area (Å²) in [4.78, 5) is 24.1. The first-order chi connectivity index (χ1) is 12.5. The van der Waals surface area contributed by atoms with Gasteiger partial charge in [0.05, 0.1) is 15.6 Å². The lowest BCUT2D eigenvalue weighted by atomic mass is 10.1. The maximum absolute atomic E-state index is 12.3. The van der Waals surface area contributed by atoms with E-state index >= 15 is 0 Å². The van der Waals surface area contributed by atoms with E-state index in [4.69, 9.17) is 23.2 Å². The Morgan fingerprint density at radius 3 is 2.38 bits per heavy atom. The Morgan fingerprint density at radius 1 is 1.00 bits per heavy atom. The van der Waals surface area contributed by atoms with Crippen molar-refractivity contribution in [3.8, 4) is 0 Å². The van der Waals surface area contributed by atoms with Crippen LogP contribution in [0.5, 0.6) is 0 Å². The summed E-state index contributed by atoms with van der Waals surface area (Å²) in [6.07, 6.45) is 4.31. The molecule has 0 aliphatic rings. The van der Waals surface area contributed by atoms with Crippen LogP contribution in [0.25, 0.3) is 6.08 Å². The Balaban J connectivity index is 1.88. The van der Waals surface area contributed by atoms with Crippen molar-refractivity contribution in [1.82, 2.24) is 5.32 Å². The highest BCUT2D eigenvalue weighted by molar-refractivity contribution is 6.42. The van der Waals surface area contributed by atoms with Crippen LogP contribution in [-0.4, -0.2) is 18.2 Å². The standard InChI is InChI=1S/C21H21Cl2NO2/c1-15(25)18(13-17-10-11-19(22)20(23)14-17)21(26)24-12-6-5-9-16-7-3-2-4-8-16/h2-4,7-8,10-11,13-14H,5-6,9,12H2,1H3,(H,24,26)/b18-13-. The number of rotatable bonds is 8. The molecule has 26 heavy (non-hydrogen) atoms. The van der Waals surface area contributed by atoms with Crippen LogP contribution in [0.15, 0.2) is 54.1 Å². The third kappa shape index (κ3) is 6.32. The van der Waals surface area contributed by atoms with Gasteiger partial charge in [0.1, 0.15) is 0 Å². The van der Waals surface area contributed by atoms with E-state index in [0.29, 0.717) is 22.2 Å². The smallest absolute Gasteiger partial charge is 0.254 e. The number of carbonyl (C=O) groups excluding carboxylic acids is 2. The summed E-state index contributed by atoms with van der Waals surface area (Å²) in [5, 5.41) is 3.62. The molecule has 0 aromatic heterocycles. The molecule has 136 valence electrons. The molecule has 2 aromatic carbocycles. The predicted octanol–water partition coefficient (Wildman–Crippen LogP) is 5.10. The molecule has 0 radical (unpaired) electrons. The Kier molecular flexibility index (Phi) is 7.89. The van der Waals surface area contributed by atoms with Gasteiger partial charge in [-0.2, -0.15) is 0 Å². The molecule has 0 fully saturated rings. The number of hydrogen-bond acceptors (Lipinski definition) is 2. The van der Waals surface area contributed by atoms with E-state index in [1.807, 2.05) is 18.2 Å². The molecule has 1 N–H and O–H groups in total. The average molecular weight is 390 g/mol. The Hall–Kier alpha value is -2.10. The van der Waals surface area contributed by atoms with Crippen LogP contribution in [0.3, 0.4) is 0 Å². The van der Waals surface area contributed by atoms with Crippen molar-refractivity contribution in [2.24, 2.45) is 0 Å². The Morgan fingerprint density at radius 2 is 1.73 bits per heavy atom. The Labute approximate surface area is 164 Å². The fourth-order valence-corrected chi connectivity index (χ4v) is 2.80. The number of hydrogen-bond donors (Lipinski definition) is 1. The van der Waals surface area contributed by atoms with E-state index in [-0.39, 0.29) is 17.3 Å². The van der Waals surface area contributed by atoms with Gasteiger partial charge >= 0.3 is 0 Å². The van der Waals surface area contributed by atoms with E-state index in [1.165, 1.54) is 18.6 Å². The van der Waals surface area contributed by atoms with Crippen molar-refractivity contribution in [1.29, 1.82) is 0 Å². The van der Waals surface area contributed by atoms with Gasteiger partial charge in [0.2, 0.25) is 0 Å². The van der Waals surface area contributed by atoms with Crippen molar-refractivity contribution < 1.29 is 9.59 Å². The summed E-state index contributed by atoms with van der Waals surface area (Å²) < 4.78 is 0. The van der Waals surface area contributed by atoms with Crippen molar-refractivity contribution in [3.63, 3.8) is 0 Å². The molecule has 1 amide bonds. The minimum atomic E-state index is -0.372. The molecule has 3 nitrogen and oxygen atoms in total. The molecule has 0 aliphatic carbocycles. The third-order valence-corrected chi connectivity index (χ3v) is 4.64. The number of halogens is 2. The van der Waals surface area contributed by atoms with Crippen LogP contribution >= 0.6 is 23.2 Å². The van der Waals surface area contributed by atoms with Crippen LogP contribution in [0.4, 0.5) is 0 Å². The fourth-order valence-electron chi connectivity index (χ4n) is 2.49. The molecule has 0 heterocycles. The lowest BCUT2D eigenvalue weighted by Gasteiger charge is -2.07. The molecule has 0 bridgehead atoms. The number of carbonyl (C=O) groups is 2. The van der Waals surface area contributed by atoms with Gasteiger partial charge in [-0.25, -0.2) is 0 Å². The van der Waals surface area contributed by atoms with Crippen molar-refractivity contribution in [2.75, 3.05) is 6.54 Å². The van der Waals surface area contributed by atoms with E-state index in [0.717, 1.165) is 19.3 Å². The highest BCUT2D eigenvalue weighted by Crippen LogP contribution is 2.23. The second-order valence-electron chi connectivity index (χ2n) is 5.99. The van der Waals surface area contributed by atoms with Crippen LogP contribution in [-0.2, 0) is 16.0 Å². The molecular formula is C21H21Cl2NO2. The van der Waals surface area contributed by atoms with Crippen LogP contribution in [0.1, 0.15) is 30.9 Å². The quantitative estimate of drug-likeness (QED) is 0.295. The van der Waals surface area contributed by atoms with Crippen LogP contribution < -0.4 is 5.32 Å².